The molecular formula is C12H12N4O. The Morgan fingerprint density at radius 2 is 1.82 bits per heavy atom. The Balaban J connectivity index is 2.80. The molecule has 0 bridgehead atoms. The highest BCUT2D eigenvalue weighted by Gasteiger charge is 2.21. The van der Waals surface area contributed by atoms with E-state index in [1.165, 1.54) is 6.92 Å². The summed E-state index contributed by atoms with van der Waals surface area (Å²) in [6.45, 7) is 3.91. The van der Waals surface area contributed by atoms with Crippen molar-refractivity contribution in [1.82, 2.24) is 0 Å². The molecule has 0 aliphatic carbocycles. The van der Waals surface area contributed by atoms with Crippen molar-refractivity contribution in [2.45, 2.75) is 19.4 Å². The molecule has 1 aromatic rings. The lowest BCUT2D eigenvalue weighted by Crippen LogP contribution is -2.14. The van der Waals surface area contributed by atoms with Crippen LogP contribution in [0, 0.1) is 22.7 Å². The minimum absolute atomic E-state index is 0.574. The maximum Gasteiger partial charge on any atom is 0.249 e. The van der Waals surface area contributed by atoms with Crippen molar-refractivity contribution < 1.29 is 4.74 Å². The molecular weight excluding hydrogens is 216 g/mol. The van der Waals surface area contributed by atoms with Gasteiger partial charge in [-0.15, -0.1) is 0 Å². The summed E-state index contributed by atoms with van der Waals surface area (Å²) in [5.41, 5.74) is -0.858. The first kappa shape index (κ1) is 12.7. The van der Waals surface area contributed by atoms with Gasteiger partial charge in [-0.25, -0.2) is 0 Å². The maximum absolute atomic E-state index is 8.73. The topological polar surface area (TPSA) is 81.5 Å². The summed E-state index contributed by atoms with van der Waals surface area (Å²) >= 11 is 0. The molecule has 0 N–H and O–H groups in total. The Hall–Kier alpha value is -2.40. The Morgan fingerprint density at radius 1 is 1.24 bits per heavy atom. The first-order valence-corrected chi connectivity index (χ1v) is 5.12. The average Bonchev–Trinajstić information content (AvgIpc) is 2.38. The van der Waals surface area contributed by atoms with E-state index in [1.54, 1.807) is 36.4 Å². The smallest absolute Gasteiger partial charge is 0.249 e. The van der Waals surface area contributed by atoms with Gasteiger partial charge in [-0.05, 0) is 38.1 Å². The van der Waals surface area contributed by atoms with Crippen molar-refractivity contribution in [3.63, 3.8) is 0 Å². The Labute approximate surface area is 100.0 Å². The fraction of sp³-hybridized carbons (Fsp3) is 0.333. The van der Waals surface area contributed by atoms with E-state index in [9.17, 15) is 0 Å². The highest BCUT2D eigenvalue weighted by Crippen LogP contribution is 2.20. The van der Waals surface area contributed by atoms with Crippen molar-refractivity contribution in [1.29, 1.82) is 10.5 Å². The monoisotopic (exact) mass is 228 g/mol. The molecule has 0 heterocycles. The van der Waals surface area contributed by atoms with Crippen LogP contribution in [0.3, 0.4) is 0 Å². The number of azo groups is 1. The van der Waals surface area contributed by atoms with Gasteiger partial charge in [0.15, 0.2) is 0 Å². The quantitative estimate of drug-likeness (QED) is 0.743. The van der Waals surface area contributed by atoms with Crippen LogP contribution in [0.4, 0.5) is 5.69 Å². The van der Waals surface area contributed by atoms with E-state index in [0.717, 1.165) is 5.75 Å². The van der Waals surface area contributed by atoms with Gasteiger partial charge in [0.2, 0.25) is 5.54 Å². The number of nitriles is 2. The molecule has 17 heavy (non-hydrogen) atoms. The first-order valence-electron chi connectivity index (χ1n) is 5.12. The van der Waals surface area contributed by atoms with Gasteiger partial charge in [0, 0.05) is 0 Å². The summed E-state index contributed by atoms with van der Waals surface area (Å²) in [5.74, 6) is 0.745. The van der Waals surface area contributed by atoms with Crippen molar-refractivity contribution >= 4 is 5.69 Å². The molecule has 0 atom stereocenters. The lowest BCUT2D eigenvalue weighted by molar-refractivity contribution is 0.340. The molecule has 86 valence electrons. The van der Waals surface area contributed by atoms with Crippen LogP contribution >= 0.6 is 0 Å². The molecule has 5 nitrogen and oxygen atoms in total. The van der Waals surface area contributed by atoms with Crippen molar-refractivity contribution in [3.8, 4) is 17.9 Å². The molecule has 1 aromatic carbocycles. The number of hydrogen-bond donors (Lipinski definition) is 0. The van der Waals surface area contributed by atoms with E-state index in [4.69, 9.17) is 15.3 Å². The molecule has 5 heteroatoms. The normalized spacial score (nSPS) is 10.8. The van der Waals surface area contributed by atoms with Gasteiger partial charge >= 0.3 is 0 Å². The van der Waals surface area contributed by atoms with E-state index in [1.807, 2.05) is 6.92 Å². The minimum Gasteiger partial charge on any atom is -0.494 e. The van der Waals surface area contributed by atoms with E-state index in [2.05, 4.69) is 10.2 Å². The van der Waals surface area contributed by atoms with Crippen LogP contribution in [0.2, 0.25) is 0 Å². The summed E-state index contributed by atoms with van der Waals surface area (Å²) in [5, 5.41) is 25.0. The molecule has 0 unspecified atom stereocenters. The number of ether oxygens (including phenoxy) is 1. The molecule has 0 saturated heterocycles. The summed E-state index contributed by atoms with van der Waals surface area (Å²) in [6.07, 6.45) is 0. The third-order valence-electron chi connectivity index (χ3n) is 1.95. The van der Waals surface area contributed by atoms with E-state index < -0.39 is 5.54 Å². The number of rotatable bonds is 4. The second-order valence-corrected chi connectivity index (χ2v) is 3.42. The van der Waals surface area contributed by atoms with E-state index >= 15 is 0 Å². The fourth-order valence-corrected chi connectivity index (χ4v) is 1.00. The van der Waals surface area contributed by atoms with Gasteiger partial charge in [-0.3, -0.25) is 0 Å². The Bertz CT molecular complexity index is 465. The molecule has 0 fully saturated rings. The fourth-order valence-electron chi connectivity index (χ4n) is 1.00. The highest BCUT2D eigenvalue weighted by molar-refractivity contribution is 5.40. The van der Waals surface area contributed by atoms with Crippen LogP contribution in [-0.2, 0) is 0 Å². The summed E-state index contributed by atoms with van der Waals surface area (Å²) in [6, 6.07) is 10.5. The second kappa shape index (κ2) is 5.62. The zero-order valence-electron chi connectivity index (χ0n) is 9.71. The number of nitrogens with zero attached hydrogens (tertiary/aromatic N) is 4. The Kier molecular flexibility index (Phi) is 4.19. The summed E-state index contributed by atoms with van der Waals surface area (Å²) in [4.78, 5) is 0. The van der Waals surface area contributed by atoms with Crippen LogP contribution < -0.4 is 4.74 Å². The van der Waals surface area contributed by atoms with Crippen LogP contribution in [0.25, 0.3) is 0 Å². The Morgan fingerprint density at radius 3 is 2.29 bits per heavy atom. The maximum atomic E-state index is 8.73. The predicted molar refractivity (Wildman–Crippen MR) is 61.8 cm³/mol. The van der Waals surface area contributed by atoms with Gasteiger partial charge in [-0.1, -0.05) is 0 Å². The molecule has 0 radical (unpaired) electrons. The predicted octanol–water partition coefficient (Wildman–Crippen LogP) is 2.97. The van der Waals surface area contributed by atoms with E-state index in [0.29, 0.717) is 12.3 Å². The standard InChI is InChI=1S/C12H12N4O/c1-3-17-11-6-4-10(5-7-11)15-16-12(2,8-13)9-14/h4-7H,3H2,1-2H3. The van der Waals surface area contributed by atoms with Crippen LogP contribution in [-0.4, -0.2) is 12.1 Å². The molecule has 0 aliphatic heterocycles. The third-order valence-corrected chi connectivity index (χ3v) is 1.95. The third kappa shape index (κ3) is 3.58. The molecule has 0 aliphatic rings. The summed E-state index contributed by atoms with van der Waals surface area (Å²) < 4.78 is 5.27. The van der Waals surface area contributed by atoms with Crippen LogP contribution in [0.15, 0.2) is 34.5 Å². The minimum atomic E-state index is -1.43. The molecule has 1 rings (SSSR count). The number of hydrogen-bond acceptors (Lipinski definition) is 5. The highest BCUT2D eigenvalue weighted by atomic mass is 16.5. The van der Waals surface area contributed by atoms with Gasteiger partial charge in [-0.2, -0.15) is 20.8 Å². The lowest BCUT2D eigenvalue weighted by Gasteiger charge is -2.03. The average molecular weight is 228 g/mol. The largest absolute Gasteiger partial charge is 0.494 e. The summed E-state index contributed by atoms with van der Waals surface area (Å²) in [7, 11) is 0. The molecule has 0 aromatic heterocycles. The van der Waals surface area contributed by atoms with Crippen molar-refractivity contribution in [3.05, 3.63) is 24.3 Å². The molecule has 0 amide bonds. The first-order chi connectivity index (χ1) is 8.13. The number of benzene rings is 1. The van der Waals surface area contributed by atoms with Crippen molar-refractivity contribution in [2.24, 2.45) is 10.2 Å². The van der Waals surface area contributed by atoms with Crippen LogP contribution in [0.5, 0.6) is 5.75 Å². The van der Waals surface area contributed by atoms with Crippen molar-refractivity contribution in [2.75, 3.05) is 6.61 Å². The van der Waals surface area contributed by atoms with Crippen LogP contribution in [0.1, 0.15) is 13.8 Å². The van der Waals surface area contributed by atoms with Gasteiger partial charge < -0.3 is 4.74 Å². The van der Waals surface area contributed by atoms with Gasteiger partial charge in [0.1, 0.15) is 17.9 Å². The zero-order chi connectivity index (χ0) is 12.7. The van der Waals surface area contributed by atoms with E-state index in [-0.39, 0.29) is 0 Å². The second-order valence-electron chi connectivity index (χ2n) is 3.42. The molecule has 0 saturated carbocycles. The van der Waals surface area contributed by atoms with Gasteiger partial charge in [0.05, 0.1) is 12.3 Å². The zero-order valence-corrected chi connectivity index (χ0v) is 9.71. The lowest BCUT2D eigenvalue weighted by atomic mass is 10.1. The molecule has 0 spiro atoms. The van der Waals surface area contributed by atoms with Gasteiger partial charge in [0.25, 0.3) is 0 Å². The SMILES string of the molecule is CCOc1ccc(N=NC(C)(C#N)C#N)cc1.